The zero-order valence-electron chi connectivity index (χ0n) is 17.0. The molecule has 1 aromatic rings. The molecule has 1 aromatic heterocycles. The molecule has 0 spiro atoms. The van der Waals surface area contributed by atoms with Crippen molar-refractivity contribution in [2.75, 3.05) is 19.7 Å². The summed E-state index contributed by atoms with van der Waals surface area (Å²) in [6, 6.07) is 3.56. The maximum absolute atomic E-state index is 12.9. The fraction of sp³-hybridized carbons (Fsp3) is 0.667. The molecule has 0 radical (unpaired) electrons. The number of hydrogen-bond acceptors (Lipinski definition) is 4. The van der Waals surface area contributed by atoms with E-state index in [4.69, 9.17) is 4.74 Å². The van der Waals surface area contributed by atoms with Crippen molar-refractivity contribution in [1.82, 2.24) is 15.2 Å². The number of likely N-dealkylation sites (tertiary alicyclic amines) is 1. The predicted molar refractivity (Wildman–Crippen MR) is 105 cm³/mol. The molecule has 0 saturated carbocycles. The number of carbonyl (C=O) groups is 2. The van der Waals surface area contributed by atoms with Crippen molar-refractivity contribution in [3.8, 4) is 0 Å². The highest BCUT2D eigenvalue weighted by molar-refractivity contribution is 5.85. The van der Waals surface area contributed by atoms with Crippen LogP contribution in [0.5, 0.6) is 0 Å². The molecule has 0 aromatic carbocycles. The number of aromatic nitrogens is 1. The van der Waals surface area contributed by atoms with Gasteiger partial charge >= 0.3 is 0 Å². The van der Waals surface area contributed by atoms with Gasteiger partial charge in [0.2, 0.25) is 11.8 Å². The van der Waals surface area contributed by atoms with E-state index in [0.717, 1.165) is 12.0 Å². The first-order valence-corrected chi connectivity index (χ1v) is 9.98. The van der Waals surface area contributed by atoms with Crippen LogP contribution in [0.2, 0.25) is 0 Å². The second-order valence-electron chi connectivity index (χ2n) is 7.88. The summed E-state index contributed by atoms with van der Waals surface area (Å²) in [5.74, 6) is 0.210. The van der Waals surface area contributed by atoms with Gasteiger partial charge in [0.25, 0.3) is 0 Å². The number of nitrogens with one attached hydrogen (secondary N) is 1. The van der Waals surface area contributed by atoms with Crippen molar-refractivity contribution in [2.24, 2.45) is 11.8 Å². The third kappa shape index (κ3) is 6.31. The Morgan fingerprint density at radius 1 is 1.37 bits per heavy atom. The predicted octanol–water partition coefficient (Wildman–Crippen LogP) is 2.95. The Hall–Kier alpha value is -1.95. The molecule has 150 valence electrons. The minimum atomic E-state index is -0.255. The van der Waals surface area contributed by atoms with E-state index in [2.05, 4.69) is 24.1 Å². The molecule has 2 amide bonds. The Bertz CT molecular complexity index is 604. The van der Waals surface area contributed by atoms with Gasteiger partial charge in [-0.05, 0) is 44.2 Å². The lowest BCUT2D eigenvalue weighted by molar-refractivity contribution is -0.144. The van der Waals surface area contributed by atoms with Crippen LogP contribution >= 0.6 is 0 Å². The van der Waals surface area contributed by atoms with Crippen molar-refractivity contribution in [3.05, 3.63) is 30.1 Å². The summed E-state index contributed by atoms with van der Waals surface area (Å²) in [6.45, 7) is 10.0. The first kappa shape index (κ1) is 21.4. The van der Waals surface area contributed by atoms with Gasteiger partial charge in [0.05, 0.1) is 18.1 Å². The highest BCUT2D eigenvalue weighted by Crippen LogP contribution is 2.37. The summed E-state index contributed by atoms with van der Waals surface area (Å²) in [5.41, 5.74) is 0.925. The number of rotatable bonds is 9. The number of carbonyl (C=O) groups excluding carboxylic acids is 2. The van der Waals surface area contributed by atoms with Gasteiger partial charge in [-0.3, -0.25) is 14.6 Å². The molecule has 2 rings (SSSR count). The lowest BCUT2D eigenvalue weighted by Crippen LogP contribution is -2.49. The molecule has 2 heterocycles. The Morgan fingerprint density at radius 2 is 2.15 bits per heavy atom. The molecule has 1 aliphatic heterocycles. The number of nitrogens with zero attached hydrogens (tertiary/aromatic N) is 2. The second-order valence-corrected chi connectivity index (χ2v) is 7.88. The van der Waals surface area contributed by atoms with E-state index in [-0.39, 0.29) is 29.9 Å². The summed E-state index contributed by atoms with van der Waals surface area (Å²) in [7, 11) is 0. The highest BCUT2D eigenvalue weighted by atomic mass is 16.5. The van der Waals surface area contributed by atoms with Gasteiger partial charge in [-0.1, -0.05) is 19.9 Å². The molecule has 1 fully saturated rings. The van der Waals surface area contributed by atoms with Gasteiger partial charge in [0.1, 0.15) is 0 Å². The van der Waals surface area contributed by atoms with E-state index in [1.165, 1.54) is 0 Å². The largest absolute Gasteiger partial charge is 0.379 e. The molecule has 6 nitrogen and oxygen atoms in total. The molecule has 1 N–H and O–H groups in total. The molecule has 0 aliphatic carbocycles. The fourth-order valence-electron chi connectivity index (χ4n) is 3.53. The van der Waals surface area contributed by atoms with Crippen molar-refractivity contribution < 1.29 is 14.3 Å². The van der Waals surface area contributed by atoms with Crippen LogP contribution in [0.1, 0.15) is 58.6 Å². The third-order valence-electron chi connectivity index (χ3n) is 4.70. The van der Waals surface area contributed by atoms with Crippen molar-refractivity contribution in [2.45, 2.75) is 59.1 Å². The molecular formula is C21H33N3O3. The zero-order chi connectivity index (χ0) is 19.8. The topological polar surface area (TPSA) is 71.5 Å². The Morgan fingerprint density at radius 3 is 2.78 bits per heavy atom. The van der Waals surface area contributed by atoms with Crippen molar-refractivity contribution in [1.29, 1.82) is 0 Å². The standard InChI is InChI=1S/C21H33N3O3/c1-15(2)14-24-19(25)9-8-18(20(24)17-7-5-10-22-13-17)21(26)23-11-6-12-27-16(3)4/h5,7,10,13,15-16,18,20H,6,8-9,11-12,14H2,1-4H3,(H,23,26). The maximum atomic E-state index is 12.9. The molecular weight excluding hydrogens is 342 g/mol. The van der Waals surface area contributed by atoms with E-state index in [1.54, 1.807) is 12.4 Å². The van der Waals surface area contributed by atoms with Crippen LogP contribution < -0.4 is 5.32 Å². The average Bonchev–Trinajstić information content (AvgIpc) is 2.63. The first-order chi connectivity index (χ1) is 12.9. The van der Waals surface area contributed by atoms with Crippen LogP contribution in [-0.4, -0.2) is 47.5 Å². The summed E-state index contributed by atoms with van der Waals surface area (Å²) in [6.07, 6.45) is 5.45. The van der Waals surface area contributed by atoms with E-state index in [9.17, 15) is 9.59 Å². The molecule has 2 unspecified atom stereocenters. The maximum Gasteiger partial charge on any atom is 0.225 e. The van der Waals surface area contributed by atoms with Crippen LogP contribution in [0.4, 0.5) is 0 Å². The quantitative estimate of drug-likeness (QED) is 0.674. The van der Waals surface area contributed by atoms with E-state index in [0.29, 0.717) is 38.5 Å². The van der Waals surface area contributed by atoms with E-state index < -0.39 is 0 Å². The van der Waals surface area contributed by atoms with Gasteiger partial charge < -0.3 is 15.0 Å². The zero-order valence-corrected chi connectivity index (χ0v) is 17.0. The third-order valence-corrected chi connectivity index (χ3v) is 4.70. The minimum absolute atomic E-state index is 0.00894. The van der Waals surface area contributed by atoms with Crippen LogP contribution in [0, 0.1) is 11.8 Å². The van der Waals surface area contributed by atoms with Gasteiger partial charge in [0.15, 0.2) is 0 Å². The SMILES string of the molecule is CC(C)CN1C(=O)CCC(C(=O)NCCCOC(C)C)C1c1cccnc1. The summed E-state index contributed by atoms with van der Waals surface area (Å²) < 4.78 is 5.52. The number of pyridine rings is 1. The molecule has 2 atom stereocenters. The Labute approximate surface area is 162 Å². The summed E-state index contributed by atoms with van der Waals surface area (Å²) >= 11 is 0. The number of hydrogen-bond donors (Lipinski definition) is 1. The van der Waals surface area contributed by atoms with Gasteiger partial charge in [-0.2, -0.15) is 0 Å². The summed E-state index contributed by atoms with van der Waals surface area (Å²) in [4.78, 5) is 31.6. The van der Waals surface area contributed by atoms with E-state index in [1.807, 2.05) is 30.9 Å². The fourth-order valence-corrected chi connectivity index (χ4v) is 3.53. The van der Waals surface area contributed by atoms with Crippen LogP contribution in [0.3, 0.4) is 0 Å². The first-order valence-electron chi connectivity index (χ1n) is 9.98. The molecule has 27 heavy (non-hydrogen) atoms. The van der Waals surface area contributed by atoms with Crippen molar-refractivity contribution >= 4 is 11.8 Å². The highest BCUT2D eigenvalue weighted by Gasteiger charge is 2.40. The molecule has 6 heteroatoms. The summed E-state index contributed by atoms with van der Waals surface area (Å²) in [5, 5.41) is 3.04. The second kappa shape index (κ2) is 10.4. The Kier molecular flexibility index (Phi) is 8.23. The molecule has 0 bridgehead atoms. The number of piperidine rings is 1. The normalized spacial score (nSPS) is 20.4. The van der Waals surface area contributed by atoms with E-state index >= 15 is 0 Å². The molecule has 1 saturated heterocycles. The minimum Gasteiger partial charge on any atom is -0.379 e. The Balaban J connectivity index is 2.09. The van der Waals surface area contributed by atoms with Crippen molar-refractivity contribution in [3.63, 3.8) is 0 Å². The van der Waals surface area contributed by atoms with Gasteiger partial charge in [-0.25, -0.2) is 0 Å². The number of amides is 2. The smallest absolute Gasteiger partial charge is 0.225 e. The lowest BCUT2D eigenvalue weighted by atomic mass is 9.83. The van der Waals surface area contributed by atoms with Crippen LogP contribution in [-0.2, 0) is 14.3 Å². The molecule has 1 aliphatic rings. The average molecular weight is 376 g/mol. The van der Waals surface area contributed by atoms with Crippen LogP contribution in [0.15, 0.2) is 24.5 Å². The van der Waals surface area contributed by atoms with Gasteiger partial charge in [-0.15, -0.1) is 0 Å². The van der Waals surface area contributed by atoms with Crippen LogP contribution in [0.25, 0.3) is 0 Å². The number of ether oxygens (including phenoxy) is 1. The lowest BCUT2D eigenvalue weighted by Gasteiger charge is -2.41. The monoisotopic (exact) mass is 375 g/mol. The van der Waals surface area contributed by atoms with Gasteiger partial charge in [0, 0.05) is 38.5 Å².